The normalized spacial score (nSPS) is 17.5. The Kier molecular flexibility index (Phi) is 3.41. The minimum atomic E-state index is -0.657. The fraction of sp³-hybridized carbons (Fsp3) is 0.235. The summed E-state index contributed by atoms with van der Waals surface area (Å²) in [5.74, 6) is -1.37. The Balaban J connectivity index is 2.00. The van der Waals surface area contributed by atoms with Crippen molar-refractivity contribution in [1.29, 1.82) is 0 Å². The summed E-state index contributed by atoms with van der Waals surface area (Å²) in [4.78, 5) is 38.0. The highest BCUT2D eigenvalue weighted by atomic mass is 16.3. The molecule has 5 nitrogen and oxygen atoms in total. The first-order valence-corrected chi connectivity index (χ1v) is 6.98. The number of benzene rings is 1. The van der Waals surface area contributed by atoms with E-state index in [2.05, 4.69) is 0 Å². The lowest BCUT2D eigenvalue weighted by Gasteiger charge is -2.29. The van der Waals surface area contributed by atoms with Crippen LogP contribution in [0.3, 0.4) is 0 Å². The Morgan fingerprint density at radius 3 is 2.73 bits per heavy atom. The molecule has 1 aromatic heterocycles. The van der Waals surface area contributed by atoms with Gasteiger partial charge in [0, 0.05) is 19.0 Å². The first-order chi connectivity index (χ1) is 10.5. The molecule has 2 aromatic rings. The number of hydrogen-bond acceptors (Lipinski definition) is 4. The maximum absolute atomic E-state index is 12.4. The zero-order valence-electron chi connectivity index (χ0n) is 12.3. The van der Waals surface area contributed by atoms with E-state index in [4.69, 9.17) is 4.42 Å². The Bertz CT molecular complexity index is 761. The minimum Gasteiger partial charge on any atom is -0.461 e. The highest BCUT2D eigenvalue weighted by Crippen LogP contribution is 2.32. The summed E-state index contributed by atoms with van der Waals surface area (Å²) in [5.41, 5.74) is 2.03. The predicted octanol–water partition coefficient (Wildman–Crippen LogP) is 2.56. The van der Waals surface area contributed by atoms with E-state index >= 15 is 0 Å². The standard InChI is InChI=1S/C17H15NO4/c1-10-5-6-11-12(8-10)16(20)18(2)17(21)13(11)9-14(19)15-4-3-7-22-15/h3-8,13H,9H2,1-2H3. The van der Waals surface area contributed by atoms with E-state index in [1.807, 2.05) is 13.0 Å². The van der Waals surface area contributed by atoms with Crippen molar-refractivity contribution in [3.63, 3.8) is 0 Å². The molecule has 3 rings (SSSR count). The van der Waals surface area contributed by atoms with Gasteiger partial charge in [0.2, 0.25) is 5.91 Å². The Morgan fingerprint density at radius 1 is 1.27 bits per heavy atom. The smallest absolute Gasteiger partial charge is 0.260 e. The lowest BCUT2D eigenvalue weighted by atomic mass is 9.84. The molecule has 0 fully saturated rings. The second-order valence-corrected chi connectivity index (χ2v) is 5.45. The number of fused-ring (bicyclic) bond motifs is 1. The van der Waals surface area contributed by atoms with Crippen molar-refractivity contribution in [3.8, 4) is 0 Å². The summed E-state index contributed by atoms with van der Waals surface area (Å²) in [6.45, 7) is 1.88. The summed E-state index contributed by atoms with van der Waals surface area (Å²) in [5, 5.41) is 0. The van der Waals surface area contributed by atoms with Gasteiger partial charge in [0.05, 0.1) is 12.2 Å². The average molecular weight is 297 g/mol. The summed E-state index contributed by atoms with van der Waals surface area (Å²) in [7, 11) is 1.44. The monoisotopic (exact) mass is 297 g/mol. The van der Waals surface area contributed by atoms with Gasteiger partial charge < -0.3 is 4.42 Å². The minimum absolute atomic E-state index is 0.0139. The number of imide groups is 1. The van der Waals surface area contributed by atoms with Crippen LogP contribution in [0.25, 0.3) is 0 Å². The van der Waals surface area contributed by atoms with Crippen molar-refractivity contribution in [2.24, 2.45) is 0 Å². The van der Waals surface area contributed by atoms with E-state index in [1.54, 1.807) is 24.3 Å². The van der Waals surface area contributed by atoms with Crippen LogP contribution in [-0.4, -0.2) is 29.5 Å². The summed E-state index contributed by atoms with van der Waals surface area (Å²) >= 11 is 0. The van der Waals surface area contributed by atoms with Crippen molar-refractivity contribution in [1.82, 2.24) is 4.90 Å². The van der Waals surface area contributed by atoms with Gasteiger partial charge in [-0.1, -0.05) is 17.7 Å². The van der Waals surface area contributed by atoms with Crippen molar-refractivity contribution in [2.75, 3.05) is 7.05 Å². The van der Waals surface area contributed by atoms with Crippen molar-refractivity contribution >= 4 is 17.6 Å². The quantitative estimate of drug-likeness (QED) is 0.645. The van der Waals surface area contributed by atoms with Gasteiger partial charge in [-0.3, -0.25) is 19.3 Å². The molecule has 2 heterocycles. The van der Waals surface area contributed by atoms with Gasteiger partial charge in [0.15, 0.2) is 11.5 Å². The van der Waals surface area contributed by atoms with Crippen LogP contribution in [0.4, 0.5) is 0 Å². The number of ketones is 1. The molecule has 1 aliphatic rings. The van der Waals surface area contributed by atoms with Crippen LogP contribution in [-0.2, 0) is 4.79 Å². The molecular formula is C17H15NO4. The Morgan fingerprint density at radius 2 is 2.05 bits per heavy atom. The van der Waals surface area contributed by atoms with Crippen molar-refractivity contribution in [2.45, 2.75) is 19.3 Å². The molecule has 0 radical (unpaired) electrons. The molecule has 0 spiro atoms. The Labute approximate surface area is 127 Å². The van der Waals surface area contributed by atoms with Gasteiger partial charge in [0.25, 0.3) is 5.91 Å². The molecule has 1 aromatic carbocycles. The molecule has 1 unspecified atom stereocenters. The number of carbonyl (C=O) groups excluding carboxylic acids is 3. The highest BCUT2D eigenvalue weighted by molar-refractivity contribution is 6.12. The second kappa shape index (κ2) is 5.26. The van der Waals surface area contributed by atoms with Gasteiger partial charge in [-0.15, -0.1) is 0 Å². The lowest BCUT2D eigenvalue weighted by Crippen LogP contribution is -2.42. The SMILES string of the molecule is Cc1ccc2c(c1)C(=O)N(C)C(=O)C2CC(=O)c1ccco1. The fourth-order valence-electron chi connectivity index (χ4n) is 2.73. The third kappa shape index (κ3) is 2.24. The molecule has 112 valence electrons. The number of hydrogen-bond donors (Lipinski definition) is 0. The number of likely N-dealkylation sites (N-methyl/N-ethyl adjacent to an activating group) is 1. The van der Waals surface area contributed by atoms with E-state index < -0.39 is 5.92 Å². The molecule has 0 aliphatic carbocycles. The highest BCUT2D eigenvalue weighted by Gasteiger charge is 2.38. The maximum atomic E-state index is 12.4. The van der Waals surface area contributed by atoms with E-state index in [0.717, 1.165) is 10.5 Å². The van der Waals surface area contributed by atoms with Crippen LogP contribution in [0, 0.1) is 6.92 Å². The van der Waals surface area contributed by atoms with Crippen molar-refractivity contribution in [3.05, 3.63) is 59.0 Å². The number of Topliss-reactive ketones (excluding diaryl/α,β-unsaturated/α-hetero) is 1. The largest absolute Gasteiger partial charge is 0.461 e. The summed E-state index contributed by atoms with van der Waals surface area (Å²) < 4.78 is 5.09. The first-order valence-electron chi connectivity index (χ1n) is 6.98. The summed E-state index contributed by atoms with van der Waals surface area (Å²) in [6.07, 6.45) is 1.41. The van der Waals surface area contributed by atoms with Gasteiger partial charge in [-0.25, -0.2) is 0 Å². The number of rotatable bonds is 3. The van der Waals surface area contributed by atoms with Crippen LogP contribution >= 0.6 is 0 Å². The molecule has 0 N–H and O–H groups in total. The maximum Gasteiger partial charge on any atom is 0.260 e. The number of carbonyl (C=O) groups is 3. The molecule has 0 saturated carbocycles. The number of furan rings is 1. The molecule has 2 amide bonds. The molecule has 0 bridgehead atoms. The zero-order valence-corrected chi connectivity index (χ0v) is 12.3. The predicted molar refractivity (Wildman–Crippen MR) is 78.7 cm³/mol. The van der Waals surface area contributed by atoms with E-state index in [-0.39, 0.29) is 29.8 Å². The first kappa shape index (κ1) is 14.3. The fourth-order valence-corrected chi connectivity index (χ4v) is 2.73. The third-order valence-corrected chi connectivity index (χ3v) is 3.93. The second-order valence-electron chi connectivity index (χ2n) is 5.45. The average Bonchev–Trinajstić information content (AvgIpc) is 3.04. The number of aryl methyl sites for hydroxylation is 1. The molecule has 5 heteroatoms. The van der Waals surface area contributed by atoms with E-state index in [9.17, 15) is 14.4 Å². The van der Waals surface area contributed by atoms with Crippen LogP contribution in [0.5, 0.6) is 0 Å². The van der Waals surface area contributed by atoms with Crippen LogP contribution < -0.4 is 0 Å². The van der Waals surface area contributed by atoms with Crippen LogP contribution in [0.15, 0.2) is 41.0 Å². The number of amides is 2. The molecule has 0 saturated heterocycles. The van der Waals surface area contributed by atoms with Crippen LogP contribution in [0.1, 0.15) is 44.4 Å². The van der Waals surface area contributed by atoms with Gasteiger partial charge in [0.1, 0.15) is 0 Å². The number of nitrogens with zero attached hydrogens (tertiary/aromatic N) is 1. The molecule has 1 aliphatic heterocycles. The van der Waals surface area contributed by atoms with Gasteiger partial charge in [-0.05, 0) is 30.7 Å². The van der Waals surface area contributed by atoms with Gasteiger partial charge in [-0.2, -0.15) is 0 Å². The van der Waals surface area contributed by atoms with Crippen molar-refractivity contribution < 1.29 is 18.8 Å². The Hall–Kier alpha value is -2.69. The summed E-state index contributed by atoms with van der Waals surface area (Å²) in [6, 6.07) is 8.55. The van der Waals surface area contributed by atoms with E-state index in [1.165, 1.54) is 13.3 Å². The third-order valence-electron chi connectivity index (χ3n) is 3.93. The van der Waals surface area contributed by atoms with E-state index in [0.29, 0.717) is 11.1 Å². The molecular weight excluding hydrogens is 282 g/mol. The lowest BCUT2D eigenvalue weighted by molar-refractivity contribution is -0.129. The van der Waals surface area contributed by atoms with Crippen LogP contribution in [0.2, 0.25) is 0 Å². The zero-order chi connectivity index (χ0) is 15.9. The topological polar surface area (TPSA) is 67.6 Å². The molecule has 1 atom stereocenters. The van der Waals surface area contributed by atoms with Gasteiger partial charge >= 0.3 is 0 Å². The molecule has 22 heavy (non-hydrogen) atoms.